The molecule has 1 aromatic carbocycles. The van der Waals surface area contributed by atoms with E-state index in [0.29, 0.717) is 12.1 Å². The van der Waals surface area contributed by atoms with Crippen LogP contribution in [0.4, 0.5) is 5.69 Å². The molecular formula is C17H26ClN3. The van der Waals surface area contributed by atoms with E-state index in [2.05, 4.69) is 48.1 Å². The Hall–Kier alpha value is -0.770. The number of hydrogen-bond donors (Lipinski definition) is 1. The molecule has 2 aliphatic rings. The van der Waals surface area contributed by atoms with Gasteiger partial charge in [0.25, 0.3) is 0 Å². The summed E-state index contributed by atoms with van der Waals surface area (Å²) in [6.07, 6.45) is 2.64. The summed E-state index contributed by atoms with van der Waals surface area (Å²) >= 11 is 6.21. The largest absolute Gasteiger partial charge is 0.368 e. The summed E-state index contributed by atoms with van der Waals surface area (Å²) in [5.41, 5.74) is 2.68. The molecule has 21 heavy (non-hydrogen) atoms. The molecule has 1 heterocycles. The van der Waals surface area contributed by atoms with Gasteiger partial charge in [0.05, 0.1) is 0 Å². The Morgan fingerprint density at radius 2 is 1.86 bits per heavy atom. The number of hydrogen-bond acceptors (Lipinski definition) is 3. The van der Waals surface area contributed by atoms with Crippen LogP contribution in [-0.2, 0) is 6.54 Å². The highest BCUT2D eigenvalue weighted by Crippen LogP contribution is 2.29. The fraction of sp³-hybridized carbons (Fsp3) is 0.647. The second kappa shape index (κ2) is 6.15. The van der Waals surface area contributed by atoms with Gasteiger partial charge in [0.2, 0.25) is 0 Å². The summed E-state index contributed by atoms with van der Waals surface area (Å²) in [6, 6.07) is 8.21. The van der Waals surface area contributed by atoms with E-state index in [0.717, 1.165) is 30.7 Å². The van der Waals surface area contributed by atoms with Gasteiger partial charge < -0.3 is 10.2 Å². The molecule has 0 bridgehead atoms. The molecule has 2 atom stereocenters. The van der Waals surface area contributed by atoms with E-state index in [1.165, 1.54) is 24.1 Å². The third-order valence-electron chi connectivity index (χ3n) is 4.90. The molecule has 2 fully saturated rings. The van der Waals surface area contributed by atoms with Crippen LogP contribution in [0.1, 0.15) is 32.3 Å². The van der Waals surface area contributed by atoms with E-state index in [9.17, 15) is 0 Å². The molecule has 4 heteroatoms. The Labute approximate surface area is 133 Å². The number of anilines is 1. The van der Waals surface area contributed by atoms with Crippen LogP contribution in [0.5, 0.6) is 0 Å². The minimum absolute atomic E-state index is 0.577. The van der Waals surface area contributed by atoms with E-state index < -0.39 is 0 Å². The fourth-order valence-electron chi connectivity index (χ4n) is 3.15. The zero-order chi connectivity index (χ0) is 15.0. The molecule has 1 saturated carbocycles. The zero-order valence-corrected chi connectivity index (χ0v) is 14.0. The van der Waals surface area contributed by atoms with E-state index >= 15 is 0 Å². The van der Waals surface area contributed by atoms with Crippen LogP contribution in [-0.4, -0.2) is 43.2 Å². The lowest BCUT2D eigenvalue weighted by Crippen LogP contribution is -2.55. The van der Waals surface area contributed by atoms with Gasteiger partial charge in [0.1, 0.15) is 0 Å². The Balaban J connectivity index is 1.79. The predicted molar refractivity (Wildman–Crippen MR) is 90.2 cm³/mol. The molecule has 1 aromatic rings. The fourth-order valence-corrected chi connectivity index (χ4v) is 3.34. The number of likely N-dealkylation sites (N-methyl/N-ethyl adjacent to an activating group) is 1. The van der Waals surface area contributed by atoms with E-state index in [4.69, 9.17) is 11.6 Å². The maximum absolute atomic E-state index is 6.21. The molecule has 1 N–H and O–H groups in total. The van der Waals surface area contributed by atoms with Crippen LogP contribution >= 0.6 is 11.6 Å². The number of piperazine rings is 1. The first-order valence-electron chi connectivity index (χ1n) is 8.03. The number of nitrogens with one attached hydrogen (secondary N) is 1. The van der Waals surface area contributed by atoms with Crippen LogP contribution in [0.3, 0.4) is 0 Å². The SMILES string of the molecule is CC1CN(c2ccc(Cl)cc2CNC2CC2)CC(C)N1C. The number of rotatable bonds is 4. The van der Waals surface area contributed by atoms with E-state index in [1.807, 2.05) is 6.07 Å². The highest BCUT2D eigenvalue weighted by molar-refractivity contribution is 6.30. The van der Waals surface area contributed by atoms with Gasteiger partial charge in [-0.2, -0.15) is 0 Å². The lowest BCUT2D eigenvalue weighted by molar-refractivity contribution is 0.170. The molecule has 0 spiro atoms. The van der Waals surface area contributed by atoms with Crippen molar-refractivity contribution < 1.29 is 0 Å². The van der Waals surface area contributed by atoms with Crippen molar-refractivity contribution in [2.24, 2.45) is 0 Å². The maximum Gasteiger partial charge on any atom is 0.0413 e. The summed E-state index contributed by atoms with van der Waals surface area (Å²) in [5.74, 6) is 0. The number of halogens is 1. The van der Waals surface area contributed by atoms with Crippen molar-refractivity contribution in [1.82, 2.24) is 10.2 Å². The molecule has 2 unspecified atom stereocenters. The molecule has 3 rings (SSSR count). The minimum Gasteiger partial charge on any atom is -0.368 e. The minimum atomic E-state index is 0.577. The summed E-state index contributed by atoms with van der Waals surface area (Å²) in [5, 5.41) is 4.45. The normalized spacial score (nSPS) is 27.1. The van der Waals surface area contributed by atoms with Gasteiger partial charge in [-0.25, -0.2) is 0 Å². The molecular weight excluding hydrogens is 282 g/mol. The quantitative estimate of drug-likeness (QED) is 0.922. The molecule has 1 aliphatic heterocycles. The topological polar surface area (TPSA) is 18.5 Å². The summed E-state index contributed by atoms with van der Waals surface area (Å²) in [7, 11) is 2.23. The third kappa shape index (κ3) is 3.53. The van der Waals surface area contributed by atoms with Crippen LogP contribution in [0.25, 0.3) is 0 Å². The molecule has 1 aliphatic carbocycles. The first-order valence-corrected chi connectivity index (χ1v) is 8.41. The van der Waals surface area contributed by atoms with Gasteiger partial charge in [0, 0.05) is 48.5 Å². The van der Waals surface area contributed by atoms with Gasteiger partial charge in [-0.1, -0.05) is 11.6 Å². The molecule has 0 amide bonds. The van der Waals surface area contributed by atoms with Crippen LogP contribution < -0.4 is 10.2 Å². The lowest BCUT2D eigenvalue weighted by Gasteiger charge is -2.44. The Kier molecular flexibility index (Phi) is 4.43. The number of benzene rings is 1. The smallest absolute Gasteiger partial charge is 0.0413 e. The predicted octanol–water partition coefficient (Wildman–Crippen LogP) is 3.12. The van der Waals surface area contributed by atoms with Crippen LogP contribution in [0.15, 0.2) is 18.2 Å². The van der Waals surface area contributed by atoms with Gasteiger partial charge in [-0.05, 0) is 57.5 Å². The first-order chi connectivity index (χ1) is 10.0. The van der Waals surface area contributed by atoms with Crippen molar-refractivity contribution in [2.45, 2.75) is 51.4 Å². The summed E-state index contributed by atoms with van der Waals surface area (Å²) < 4.78 is 0. The summed E-state index contributed by atoms with van der Waals surface area (Å²) in [6.45, 7) is 7.70. The second-order valence-electron chi connectivity index (χ2n) is 6.70. The van der Waals surface area contributed by atoms with Crippen LogP contribution in [0, 0.1) is 0 Å². The van der Waals surface area contributed by atoms with Crippen molar-refractivity contribution in [1.29, 1.82) is 0 Å². The summed E-state index contributed by atoms with van der Waals surface area (Å²) in [4.78, 5) is 4.99. The zero-order valence-electron chi connectivity index (χ0n) is 13.3. The van der Waals surface area contributed by atoms with Crippen molar-refractivity contribution in [3.8, 4) is 0 Å². The standard InChI is InChI=1S/C17H26ClN3/c1-12-10-21(11-13(2)20(12)3)17-7-4-15(18)8-14(17)9-19-16-5-6-16/h4,7-8,12-13,16,19H,5-6,9-11H2,1-3H3. The molecule has 116 valence electrons. The average Bonchev–Trinajstić information content (AvgIpc) is 3.26. The van der Waals surface area contributed by atoms with E-state index in [1.54, 1.807) is 0 Å². The van der Waals surface area contributed by atoms with E-state index in [-0.39, 0.29) is 0 Å². The highest BCUT2D eigenvalue weighted by Gasteiger charge is 2.28. The Morgan fingerprint density at radius 1 is 1.19 bits per heavy atom. The van der Waals surface area contributed by atoms with Crippen molar-refractivity contribution in [3.05, 3.63) is 28.8 Å². The average molecular weight is 308 g/mol. The monoisotopic (exact) mass is 307 g/mol. The van der Waals surface area contributed by atoms with Crippen molar-refractivity contribution >= 4 is 17.3 Å². The third-order valence-corrected chi connectivity index (χ3v) is 5.14. The van der Waals surface area contributed by atoms with Gasteiger partial charge in [-0.3, -0.25) is 4.90 Å². The van der Waals surface area contributed by atoms with Gasteiger partial charge in [0.15, 0.2) is 0 Å². The highest BCUT2D eigenvalue weighted by atomic mass is 35.5. The first kappa shape index (κ1) is 15.1. The van der Waals surface area contributed by atoms with Gasteiger partial charge >= 0.3 is 0 Å². The number of nitrogens with zero attached hydrogens (tertiary/aromatic N) is 2. The van der Waals surface area contributed by atoms with Crippen LogP contribution in [0.2, 0.25) is 5.02 Å². The van der Waals surface area contributed by atoms with Crippen molar-refractivity contribution in [2.75, 3.05) is 25.0 Å². The lowest BCUT2D eigenvalue weighted by atomic mass is 10.1. The molecule has 1 saturated heterocycles. The Morgan fingerprint density at radius 3 is 2.48 bits per heavy atom. The second-order valence-corrected chi connectivity index (χ2v) is 7.13. The van der Waals surface area contributed by atoms with Gasteiger partial charge in [-0.15, -0.1) is 0 Å². The Bertz CT molecular complexity index is 489. The molecule has 3 nitrogen and oxygen atoms in total. The molecule has 0 radical (unpaired) electrons. The van der Waals surface area contributed by atoms with Crippen molar-refractivity contribution in [3.63, 3.8) is 0 Å². The molecule has 0 aromatic heterocycles. The maximum atomic E-state index is 6.21.